The smallest absolute Gasteiger partial charge is 0.0541 e. The summed E-state index contributed by atoms with van der Waals surface area (Å²) in [4.78, 5) is 6.68. The molecule has 1 N–H and O–H groups in total. The van der Waals surface area contributed by atoms with Crippen LogP contribution in [0.5, 0.6) is 0 Å². The molecule has 1 atom stereocenters. The van der Waals surface area contributed by atoms with Crippen molar-refractivity contribution >= 4 is 0 Å². The lowest BCUT2D eigenvalue weighted by molar-refractivity contribution is 0.388. The molecule has 1 fully saturated rings. The van der Waals surface area contributed by atoms with Crippen LogP contribution in [-0.2, 0) is 6.54 Å². The van der Waals surface area contributed by atoms with Crippen LogP contribution in [0, 0.1) is 5.92 Å². The Labute approximate surface area is 91.5 Å². The second-order valence-corrected chi connectivity index (χ2v) is 4.37. The van der Waals surface area contributed by atoms with Crippen LogP contribution in [0.15, 0.2) is 24.4 Å². The number of rotatable bonds is 4. The number of likely N-dealkylation sites (tertiary alicyclic amines) is 1. The van der Waals surface area contributed by atoms with Gasteiger partial charge in [0.1, 0.15) is 0 Å². The number of nitrogens with zero attached hydrogens (tertiary/aromatic N) is 2. The highest BCUT2D eigenvalue weighted by atomic mass is 15.1. The number of hydrogen-bond acceptors (Lipinski definition) is 3. The van der Waals surface area contributed by atoms with Gasteiger partial charge in [-0.2, -0.15) is 0 Å². The van der Waals surface area contributed by atoms with E-state index in [1.165, 1.54) is 19.5 Å². The standard InChI is InChI=1S/C12H19N3/c1-15-7-5-11(10-15)8-13-9-12-4-2-3-6-14-12/h2-4,6,11,13H,5,7-10H2,1H3. The van der Waals surface area contributed by atoms with Gasteiger partial charge in [0.05, 0.1) is 5.69 Å². The van der Waals surface area contributed by atoms with E-state index in [2.05, 4.69) is 28.3 Å². The lowest BCUT2D eigenvalue weighted by atomic mass is 10.1. The van der Waals surface area contributed by atoms with E-state index >= 15 is 0 Å². The second-order valence-electron chi connectivity index (χ2n) is 4.37. The Morgan fingerprint density at radius 3 is 3.13 bits per heavy atom. The summed E-state index contributed by atoms with van der Waals surface area (Å²) >= 11 is 0. The zero-order valence-corrected chi connectivity index (χ0v) is 9.32. The van der Waals surface area contributed by atoms with Crippen molar-refractivity contribution in [3.8, 4) is 0 Å². The van der Waals surface area contributed by atoms with E-state index in [0.717, 1.165) is 24.7 Å². The van der Waals surface area contributed by atoms with Crippen molar-refractivity contribution in [2.75, 3.05) is 26.7 Å². The summed E-state index contributed by atoms with van der Waals surface area (Å²) in [6.45, 7) is 4.48. The largest absolute Gasteiger partial charge is 0.311 e. The van der Waals surface area contributed by atoms with E-state index in [4.69, 9.17) is 0 Å². The molecule has 2 rings (SSSR count). The van der Waals surface area contributed by atoms with Crippen molar-refractivity contribution in [1.29, 1.82) is 0 Å². The Morgan fingerprint density at radius 2 is 2.47 bits per heavy atom. The zero-order valence-electron chi connectivity index (χ0n) is 9.32. The van der Waals surface area contributed by atoms with Crippen molar-refractivity contribution in [3.05, 3.63) is 30.1 Å². The number of hydrogen-bond donors (Lipinski definition) is 1. The van der Waals surface area contributed by atoms with E-state index in [1.807, 2.05) is 18.3 Å². The Morgan fingerprint density at radius 1 is 1.53 bits per heavy atom. The van der Waals surface area contributed by atoms with Gasteiger partial charge in [0.2, 0.25) is 0 Å². The molecule has 1 aromatic rings. The summed E-state index contributed by atoms with van der Waals surface area (Å²) in [6, 6.07) is 6.05. The molecule has 0 bridgehead atoms. The average Bonchev–Trinajstić information content (AvgIpc) is 2.66. The average molecular weight is 205 g/mol. The van der Waals surface area contributed by atoms with Crippen molar-refractivity contribution in [1.82, 2.24) is 15.2 Å². The van der Waals surface area contributed by atoms with Crippen molar-refractivity contribution in [2.24, 2.45) is 5.92 Å². The molecule has 82 valence electrons. The summed E-state index contributed by atoms with van der Waals surface area (Å²) in [5, 5.41) is 3.48. The van der Waals surface area contributed by atoms with Gasteiger partial charge in [0.25, 0.3) is 0 Å². The SMILES string of the molecule is CN1CCC(CNCc2ccccn2)C1. The molecule has 0 saturated carbocycles. The van der Waals surface area contributed by atoms with Gasteiger partial charge in [-0.05, 0) is 44.6 Å². The molecule has 0 amide bonds. The van der Waals surface area contributed by atoms with Gasteiger partial charge in [0.15, 0.2) is 0 Å². The van der Waals surface area contributed by atoms with Gasteiger partial charge < -0.3 is 10.2 Å². The minimum Gasteiger partial charge on any atom is -0.311 e. The Balaban J connectivity index is 1.67. The molecule has 0 aliphatic carbocycles. The highest BCUT2D eigenvalue weighted by molar-refractivity contribution is 5.02. The highest BCUT2D eigenvalue weighted by Gasteiger charge is 2.18. The first-order valence-corrected chi connectivity index (χ1v) is 5.64. The lowest BCUT2D eigenvalue weighted by Crippen LogP contribution is -2.24. The van der Waals surface area contributed by atoms with Crippen LogP contribution in [-0.4, -0.2) is 36.6 Å². The van der Waals surface area contributed by atoms with Gasteiger partial charge >= 0.3 is 0 Å². The van der Waals surface area contributed by atoms with Crippen LogP contribution in [0.2, 0.25) is 0 Å². The molecule has 1 saturated heterocycles. The fraction of sp³-hybridized carbons (Fsp3) is 0.583. The Bertz CT molecular complexity index is 286. The van der Waals surface area contributed by atoms with Gasteiger partial charge in [-0.15, -0.1) is 0 Å². The van der Waals surface area contributed by atoms with E-state index in [1.54, 1.807) is 0 Å². The molecule has 1 unspecified atom stereocenters. The van der Waals surface area contributed by atoms with Crippen molar-refractivity contribution in [2.45, 2.75) is 13.0 Å². The third kappa shape index (κ3) is 3.29. The molecule has 1 aliphatic heterocycles. The summed E-state index contributed by atoms with van der Waals surface area (Å²) < 4.78 is 0. The van der Waals surface area contributed by atoms with Crippen molar-refractivity contribution < 1.29 is 0 Å². The first kappa shape index (κ1) is 10.6. The molecule has 1 aliphatic rings. The molecule has 15 heavy (non-hydrogen) atoms. The Hall–Kier alpha value is -0.930. The molecule has 3 nitrogen and oxygen atoms in total. The van der Waals surface area contributed by atoms with Crippen molar-refractivity contribution in [3.63, 3.8) is 0 Å². The van der Waals surface area contributed by atoms with Crippen LogP contribution in [0.1, 0.15) is 12.1 Å². The van der Waals surface area contributed by atoms with E-state index in [-0.39, 0.29) is 0 Å². The normalized spacial score (nSPS) is 22.1. The van der Waals surface area contributed by atoms with Crippen LogP contribution in [0.4, 0.5) is 0 Å². The van der Waals surface area contributed by atoms with Gasteiger partial charge in [0, 0.05) is 19.3 Å². The van der Waals surface area contributed by atoms with E-state index in [9.17, 15) is 0 Å². The predicted octanol–water partition coefficient (Wildman–Crippen LogP) is 1.12. The van der Waals surface area contributed by atoms with Gasteiger partial charge in [-0.25, -0.2) is 0 Å². The molecular weight excluding hydrogens is 186 g/mol. The number of aromatic nitrogens is 1. The highest BCUT2D eigenvalue weighted by Crippen LogP contribution is 2.12. The fourth-order valence-electron chi connectivity index (χ4n) is 2.10. The topological polar surface area (TPSA) is 28.2 Å². The van der Waals surface area contributed by atoms with E-state index < -0.39 is 0 Å². The van der Waals surface area contributed by atoms with Gasteiger partial charge in [-0.3, -0.25) is 4.98 Å². The third-order valence-electron chi connectivity index (χ3n) is 2.95. The molecule has 3 heteroatoms. The molecule has 0 aromatic carbocycles. The van der Waals surface area contributed by atoms with E-state index in [0.29, 0.717) is 0 Å². The van der Waals surface area contributed by atoms with Crippen LogP contribution in [0.25, 0.3) is 0 Å². The molecule has 0 radical (unpaired) electrons. The fourth-order valence-corrected chi connectivity index (χ4v) is 2.10. The first-order chi connectivity index (χ1) is 7.34. The minimum absolute atomic E-state index is 0.818. The van der Waals surface area contributed by atoms with Gasteiger partial charge in [-0.1, -0.05) is 6.07 Å². The molecular formula is C12H19N3. The molecule has 0 spiro atoms. The number of nitrogens with one attached hydrogen (secondary N) is 1. The third-order valence-corrected chi connectivity index (χ3v) is 2.95. The Kier molecular flexibility index (Phi) is 3.69. The number of pyridine rings is 1. The predicted molar refractivity (Wildman–Crippen MR) is 61.5 cm³/mol. The van der Waals surface area contributed by atoms with Crippen LogP contribution < -0.4 is 5.32 Å². The first-order valence-electron chi connectivity index (χ1n) is 5.64. The van der Waals surface area contributed by atoms with Crippen LogP contribution in [0.3, 0.4) is 0 Å². The summed E-state index contributed by atoms with van der Waals surface area (Å²) in [7, 11) is 2.19. The summed E-state index contributed by atoms with van der Waals surface area (Å²) in [5.41, 5.74) is 1.13. The minimum atomic E-state index is 0.818. The molecule has 1 aromatic heterocycles. The summed E-state index contributed by atoms with van der Waals surface area (Å²) in [5.74, 6) is 0.818. The second kappa shape index (κ2) is 5.24. The monoisotopic (exact) mass is 205 g/mol. The maximum atomic E-state index is 4.28. The lowest BCUT2D eigenvalue weighted by Gasteiger charge is -2.11. The maximum absolute atomic E-state index is 4.28. The quantitative estimate of drug-likeness (QED) is 0.798. The zero-order chi connectivity index (χ0) is 10.5. The molecule has 2 heterocycles. The maximum Gasteiger partial charge on any atom is 0.0541 e. The summed E-state index contributed by atoms with van der Waals surface area (Å²) in [6.07, 6.45) is 3.17. The van der Waals surface area contributed by atoms with Crippen LogP contribution >= 0.6 is 0 Å².